The lowest BCUT2D eigenvalue weighted by atomic mass is 9.92. The van der Waals surface area contributed by atoms with Crippen LogP contribution in [0.2, 0.25) is 5.02 Å². The highest BCUT2D eigenvalue weighted by Crippen LogP contribution is 2.36. The van der Waals surface area contributed by atoms with Gasteiger partial charge >= 0.3 is 5.97 Å². The van der Waals surface area contributed by atoms with Crippen LogP contribution in [-0.4, -0.2) is 52.6 Å². The van der Waals surface area contributed by atoms with Crippen molar-refractivity contribution in [2.45, 2.75) is 44.6 Å². The molecule has 0 amide bonds. The number of carbonyl (C=O) groups excluding carboxylic acids is 1. The van der Waals surface area contributed by atoms with Crippen molar-refractivity contribution in [2.75, 3.05) is 50.8 Å². The molecule has 0 bridgehead atoms. The number of ether oxygens (including phenoxy) is 3. The first kappa shape index (κ1) is 25.3. The second kappa shape index (κ2) is 12.8. The van der Waals surface area contributed by atoms with Crippen LogP contribution in [0.4, 0.5) is 17.1 Å². The first-order chi connectivity index (χ1) is 16.0. The number of esters is 1. The molecule has 2 aromatic carbocycles. The molecule has 1 saturated heterocycles. The van der Waals surface area contributed by atoms with Crippen molar-refractivity contribution >= 4 is 34.6 Å². The Morgan fingerprint density at radius 1 is 1.18 bits per heavy atom. The lowest BCUT2D eigenvalue weighted by Crippen LogP contribution is -2.41. The average molecular weight is 475 g/mol. The molecule has 0 aliphatic carbocycles. The van der Waals surface area contributed by atoms with Gasteiger partial charge < -0.3 is 24.4 Å². The first-order valence-electron chi connectivity index (χ1n) is 11.6. The van der Waals surface area contributed by atoms with Crippen molar-refractivity contribution in [3.63, 3.8) is 0 Å². The van der Waals surface area contributed by atoms with Crippen molar-refractivity contribution in [2.24, 2.45) is 0 Å². The number of nitrogens with zero attached hydrogens (tertiary/aromatic N) is 1. The summed E-state index contributed by atoms with van der Waals surface area (Å²) in [6.45, 7) is 5.06. The number of benzene rings is 2. The molecule has 1 N–H and O–H groups in total. The molecule has 33 heavy (non-hydrogen) atoms. The van der Waals surface area contributed by atoms with E-state index in [0.717, 1.165) is 61.6 Å². The minimum Gasteiger partial charge on any atom is -0.469 e. The number of anilines is 3. The monoisotopic (exact) mass is 474 g/mol. The van der Waals surface area contributed by atoms with Crippen LogP contribution in [0.5, 0.6) is 0 Å². The van der Waals surface area contributed by atoms with Gasteiger partial charge in [0.15, 0.2) is 0 Å². The largest absolute Gasteiger partial charge is 0.469 e. The molecule has 7 heteroatoms. The van der Waals surface area contributed by atoms with Crippen LogP contribution in [0.1, 0.15) is 44.1 Å². The zero-order chi connectivity index (χ0) is 23.6. The van der Waals surface area contributed by atoms with Gasteiger partial charge in [-0.05, 0) is 67.1 Å². The molecule has 3 rings (SSSR count). The summed E-state index contributed by atoms with van der Waals surface area (Å²) in [5.74, 6) is -0.102. The molecule has 1 atom stereocenters. The standard InChI is InChI=1S/C26H35ClN2O4/c1-4-19(18-26(30)32-3)20-5-10-25(24(17-20)28-22-8-6-21(27)7-9-22)29(13-16-31-2)23-11-14-33-15-12-23/h5-10,17,19,23,28H,4,11-16,18H2,1-3H3. The molecule has 1 fully saturated rings. The zero-order valence-corrected chi connectivity index (χ0v) is 20.6. The highest BCUT2D eigenvalue weighted by Gasteiger charge is 2.25. The molecule has 6 nitrogen and oxygen atoms in total. The third-order valence-electron chi connectivity index (χ3n) is 6.23. The minimum atomic E-state index is -0.193. The summed E-state index contributed by atoms with van der Waals surface area (Å²) >= 11 is 6.10. The molecule has 2 aromatic rings. The quantitative estimate of drug-likeness (QED) is 0.417. The number of nitrogens with one attached hydrogen (secondary N) is 1. The molecule has 1 aliphatic heterocycles. The number of hydrogen-bond donors (Lipinski definition) is 1. The molecule has 180 valence electrons. The number of halogens is 1. The third-order valence-corrected chi connectivity index (χ3v) is 6.48. The van der Waals surface area contributed by atoms with Crippen LogP contribution in [0.15, 0.2) is 42.5 Å². The van der Waals surface area contributed by atoms with E-state index in [1.807, 2.05) is 24.3 Å². The van der Waals surface area contributed by atoms with Crippen molar-refractivity contribution in [3.05, 3.63) is 53.1 Å². The zero-order valence-electron chi connectivity index (χ0n) is 19.8. The lowest BCUT2D eigenvalue weighted by molar-refractivity contribution is -0.141. The maximum atomic E-state index is 12.0. The van der Waals surface area contributed by atoms with Gasteiger partial charge in [0.1, 0.15) is 0 Å². The first-order valence-corrected chi connectivity index (χ1v) is 12.0. The Bertz CT molecular complexity index is 884. The molecule has 1 aliphatic rings. The summed E-state index contributed by atoms with van der Waals surface area (Å²) in [6.07, 6.45) is 3.17. The summed E-state index contributed by atoms with van der Waals surface area (Å²) in [6, 6.07) is 14.5. The predicted molar refractivity (Wildman–Crippen MR) is 134 cm³/mol. The van der Waals surface area contributed by atoms with E-state index < -0.39 is 0 Å². The highest BCUT2D eigenvalue weighted by molar-refractivity contribution is 6.30. The van der Waals surface area contributed by atoms with Crippen molar-refractivity contribution in [1.29, 1.82) is 0 Å². The molecular formula is C26H35ClN2O4. The van der Waals surface area contributed by atoms with E-state index in [1.54, 1.807) is 7.11 Å². The van der Waals surface area contributed by atoms with E-state index in [0.29, 0.717) is 24.1 Å². The van der Waals surface area contributed by atoms with Crippen LogP contribution < -0.4 is 10.2 Å². The maximum absolute atomic E-state index is 12.0. The van der Waals surface area contributed by atoms with Gasteiger partial charge in [-0.15, -0.1) is 0 Å². The van der Waals surface area contributed by atoms with E-state index in [1.165, 1.54) is 7.11 Å². The number of methoxy groups -OCH3 is 2. The van der Waals surface area contributed by atoms with Gasteiger partial charge in [0.25, 0.3) is 0 Å². The maximum Gasteiger partial charge on any atom is 0.306 e. The third kappa shape index (κ3) is 7.10. The van der Waals surface area contributed by atoms with Crippen LogP contribution >= 0.6 is 11.6 Å². The van der Waals surface area contributed by atoms with Crippen LogP contribution in [-0.2, 0) is 19.0 Å². The number of rotatable bonds is 11. The molecule has 0 saturated carbocycles. The molecule has 1 heterocycles. The Kier molecular flexibility index (Phi) is 9.85. The lowest BCUT2D eigenvalue weighted by Gasteiger charge is -2.37. The van der Waals surface area contributed by atoms with E-state index >= 15 is 0 Å². The smallest absolute Gasteiger partial charge is 0.306 e. The molecule has 0 radical (unpaired) electrons. The predicted octanol–water partition coefficient (Wildman–Crippen LogP) is 5.77. The van der Waals surface area contributed by atoms with E-state index in [9.17, 15) is 4.79 Å². The molecule has 0 spiro atoms. The Morgan fingerprint density at radius 2 is 1.91 bits per heavy atom. The second-order valence-electron chi connectivity index (χ2n) is 8.32. The van der Waals surface area contributed by atoms with Crippen LogP contribution in [0.25, 0.3) is 0 Å². The van der Waals surface area contributed by atoms with Gasteiger partial charge in [-0.2, -0.15) is 0 Å². The molecule has 0 aromatic heterocycles. The van der Waals surface area contributed by atoms with Crippen molar-refractivity contribution in [1.82, 2.24) is 0 Å². The number of carbonyl (C=O) groups is 1. The second-order valence-corrected chi connectivity index (χ2v) is 8.76. The number of hydrogen-bond acceptors (Lipinski definition) is 6. The summed E-state index contributed by atoms with van der Waals surface area (Å²) in [4.78, 5) is 14.4. The van der Waals surface area contributed by atoms with Crippen molar-refractivity contribution < 1.29 is 19.0 Å². The van der Waals surface area contributed by atoms with Gasteiger partial charge in [0.05, 0.1) is 31.5 Å². The summed E-state index contributed by atoms with van der Waals surface area (Å²) in [7, 11) is 3.17. The Balaban J connectivity index is 2.00. The molecular weight excluding hydrogens is 440 g/mol. The Morgan fingerprint density at radius 3 is 2.55 bits per heavy atom. The summed E-state index contributed by atoms with van der Waals surface area (Å²) in [5, 5.41) is 4.29. The van der Waals surface area contributed by atoms with Gasteiger partial charge in [-0.3, -0.25) is 4.79 Å². The van der Waals surface area contributed by atoms with Crippen molar-refractivity contribution in [3.8, 4) is 0 Å². The van der Waals surface area contributed by atoms with E-state index in [-0.39, 0.29) is 11.9 Å². The fraction of sp³-hybridized carbons (Fsp3) is 0.500. The summed E-state index contributed by atoms with van der Waals surface area (Å²) in [5.41, 5.74) is 4.19. The highest BCUT2D eigenvalue weighted by atomic mass is 35.5. The molecule has 1 unspecified atom stereocenters. The van der Waals surface area contributed by atoms with Gasteiger partial charge in [0, 0.05) is 43.6 Å². The Labute approximate surface area is 202 Å². The topological polar surface area (TPSA) is 60.0 Å². The van der Waals surface area contributed by atoms with Gasteiger partial charge in [0.2, 0.25) is 0 Å². The minimum absolute atomic E-state index is 0.0905. The average Bonchev–Trinajstić information content (AvgIpc) is 2.85. The fourth-order valence-corrected chi connectivity index (χ4v) is 4.44. The summed E-state index contributed by atoms with van der Waals surface area (Å²) < 4.78 is 16.0. The fourth-order valence-electron chi connectivity index (χ4n) is 4.32. The van der Waals surface area contributed by atoms with Gasteiger partial charge in [-0.1, -0.05) is 24.6 Å². The SMILES string of the molecule is CCC(CC(=O)OC)c1ccc(N(CCOC)C2CCOCC2)c(Nc2ccc(Cl)cc2)c1. The van der Waals surface area contributed by atoms with Crippen LogP contribution in [0, 0.1) is 0 Å². The van der Waals surface area contributed by atoms with E-state index in [2.05, 4.69) is 35.3 Å². The normalized spacial score (nSPS) is 15.2. The van der Waals surface area contributed by atoms with Gasteiger partial charge in [-0.25, -0.2) is 0 Å². The van der Waals surface area contributed by atoms with Crippen LogP contribution in [0.3, 0.4) is 0 Å². The Hall–Kier alpha value is -2.28. The van der Waals surface area contributed by atoms with E-state index in [4.69, 9.17) is 25.8 Å².